The van der Waals surface area contributed by atoms with Gasteiger partial charge in [-0.25, -0.2) is 4.68 Å². The van der Waals surface area contributed by atoms with Crippen LogP contribution in [0.5, 0.6) is 0 Å². The van der Waals surface area contributed by atoms with E-state index in [1.165, 1.54) is 5.56 Å². The quantitative estimate of drug-likeness (QED) is 0.548. The van der Waals surface area contributed by atoms with Gasteiger partial charge in [0, 0.05) is 43.1 Å². The molecule has 1 saturated carbocycles. The fourth-order valence-corrected chi connectivity index (χ4v) is 4.53. The van der Waals surface area contributed by atoms with Crippen LogP contribution in [0.4, 0.5) is 0 Å². The summed E-state index contributed by atoms with van der Waals surface area (Å²) < 4.78 is 2.88. The maximum atomic E-state index is 13.5. The van der Waals surface area contributed by atoms with Crippen molar-refractivity contribution in [1.82, 2.24) is 24.8 Å². The number of carbonyl (C=O) groups excluding carboxylic acids is 1. The molecule has 0 N–H and O–H groups in total. The summed E-state index contributed by atoms with van der Waals surface area (Å²) in [5.41, 5.74) is 3.76. The molecule has 3 aromatic rings. The van der Waals surface area contributed by atoms with E-state index in [-0.39, 0.29) is 5.91 Å². The van der Waals surface area contributed by atoms with Crippen molar-refractivity contribution in [2.45, 2.75) is 31.7 Å². The van der Waals surface area contributed by atoms with Gasteiger partial charge in [-0.1, -0.05) is 51.5 Å². The van der Waals surface area contributed by atoms with Crippen LogP contribution < -0.4 is 0 Å². The van der Waals surface area contributed by atoms with Crippen LogP contribution in [0, 0.1) is 0 Å². The van der Waals surface area contributed by atoms with Crippen LogP contribution in [0.25, 0.3) is 5.69 Å². The van der Waals surface area contributed by atoms with E-state index < -0.39 is 0 Å². The van der Waals surface area contributed by atoms with Gasteiger partial charge in [0.05, 0.1) is 11.4 Å². The van der Waals surface area contributed by atoms with Crippen molar-refractivity contribution >= 4 is 21.8 Å². The molecule has 2 heterocycles. The van der Waals surface area contributed by atoms with Crippen LogP contribution in [0.3, 0.4) is 0 Å². The second kappa shape index (κ2) is 8.93. The van der Waals surface area contributed by atoms with Gasteiger partial charge in [0.1, 0.15) is 0 Å². The van der Waals surface area contributed by atoms with Crippen LogP contribution in [-0.4, -0.2) is 56.9 Å². The lowest BCUT2D eigenvalue weighted by Crippen LogP contribution is -2.35. The van der Waals surface area contributed by atoms with Crippen LogP contribution in [0.2, 0.25) is 0 Å². The van der Waals surface area contributed by atoms with Crippen molar-refractivity contribution in [1.29, 1.82) is 0 Å². The van der Waals surface area contributed by atoms with Crippen molar-refractivity contribution in [2.75, 3.05) is 26.2 Å². The number of benzene rings is 2. The lowest BCUT2D eigenvalue weighted by atomic mass is 10.2. The first kappa shape index (κ1) is 20.4. The average Bonchev–Trinajstić information content (AvgIpc) is 3.58. The largest absolute Gasteiger partial charge is 0.336 e. The first-order valence-electron chi connectivity index (χ1n) is 11.0. The lowest BCUT2D eigenvalue weighted by Gasteiger charge is -2.22. The summed E-state index contributed by atoms with van der Waals surface area (Å²) in [5.74, 6) is 0.394. The first-order chi connectivity index (χ1) is 15.2. The summed E-state index contributed by atoms with van der Waals surface area (Å²) in [6.45, 7) is 4.29. The fourth-order valence-electron chi connectivity index (χ4n) is 4.26. The van der Waals surface area contributed by atoms with E-state index in [2.05, 4.69) is 55.4 Å². The number of rotatable bonds is 5. The van der Waals surface area contributed by atoms with E-state index in [1.807, 2.05) is 39.9 Å². The summed E-state index contributed by atoms with van der Waals surface area (Å²) >= 11 is 3.48. The van der Waals surface area contributed by atoms with Gasteiger partial charge in [-0.3, -0.25) is 9.69 Å². The van der Waals surface area contributed by atoms with Gasteiger partial charge in [0.2, 0.25) is 0 Å². The third-order valence-corrected chi connectivity index (χ3v) is 6.60. The smallest absolute Gasteiger partial charge is 0.276 e. The number of aromatic nitrogens is 3. The molecule has 6 nitrogen and oxygen atoms in total. The molecule has 5 rings (SSSR count). The SMILES string of the molecule is O=C(c1nnn(-c2ccc(Br)cc2)c1C1CC1)N1CCCN(Cc2ccccc2)CC1. The molecular formula is C24H26BrN5O. The number of halogens is 1. The fraction of sp³-hybridized carbons (Fsp3) is 0.375. The zero-order valence-corrected chi connectivity index (χ0v) is 19.0. The maximum absolute atomic E-state index is 13.5. The van der Waals surface area contributed by atoms with Gasteiger partial charge in [-0.15, -0.1) is 5.10 Å². The Kier molecular flexibility index (Phi) is 5.87. The minimum atomic E-state index is 0.0202. The molecule has 0 spiro atoms. The summed E-state index contributed by atoms with van der Waals surface area (Å²) in [4.78, 5) is 17.9. The Morgan fingerprint density at radius 1 is 0.968 bits per heavy atom. The third kappa shape index (κ3) is 4.57. The first-order valence-corrected chi connectivity index (χ1v) is 11.8. The number of hydrogen-bond acceptors (Lipinski definition) is 4. The van der Waals surface area contributed by atoms with Crippen molar-refractivity contribution in [2.24, 2.45) is 0 Å². The third-order valence-electron chi connectivity index (χ3n) is 6.07. The molecule has 31 heavy (non-hydrogen) atoms. The zero-order chi connectivity index (χ0) is 21.2. The molecule has 2 fully saturated rings. The minimum absolute atomic E-state index is 0.0202. The van der Waals surface area contributed by atoms with Crippen LogP contribution >= 0.6 is 15.9 Å². The van der Waals surface area contributed by atoms with Crippen LogP contribution in [0.15, 0.2) is 59.1 Å². The highest BCUT2D eigenvalue weighted by molar-refractivity contribution is 9.10. The summed E-state index contributed by atoms with van der Waals surface area (Å²) in [5, 5.41) is 8.75. The minimum Gasteiger partial charge on any atom is -0.336 e. The Hall–Kier alpha value is -2.51. The highest BCUT2D eigenvalue weighted by Crippen LogP contribution is 2.42. The molecule has 2 aliphatic rings. The molecule has 7 heteroatoms. The van der Waals surface area contributed by atoms with E-state index in [0.29, 0.717) is 11.6 Å². The van der Waals surface area contributed by atoms with Gasteiger partial charge >= 0.3 is 0 Å². The van der Waals surface area contributed by atoms with E-state index in [4.69, 9.17) is 0 Å². The molecule has 1 saturated heterocycles. The summed E-state index contributed by atoms with van der Waals surface area (Å²) in [6, 6.07) is 18.5. The monoisotopic (exact) mass is 479 g/mol. The Labute approximate surface area is 191 Å². The Balaban J connectivity index is 1.32. The molecule has 1 aliphatic carbocycles. The number of hydrogen-bond donors (Lipinski definition) is 0. The predicted molar refractivity (Wildman–Crippen MR) is 123 cm³/mol. The average molecular weight is 480 g/mol. The molecule has 2 aromatic carbocycles. The second-order valence-corrected chi connectivity index (χ2v) is 9.31. The highest BCUT2D eigenvalue weighted by atomic mass is 79.9. The molecule has 160 valence electrons. The topological polar surface area (TPSA) is 54.3 Å². The molecule has 0 bridgehead atoms. The van der Waals surface area contributed by atoms with Crippen molar-refractivity contribution in [3.8, 4) is 5.69 Å². The van der Waals surface area contributed by atoms with E-state index in [9.17, 15) is 4.79 Å². The van der Waals surface area contributed by atoms with Crippen LogP contribution in [-0.2, 0) is 6.54 Å². The van der Waals surface area contributed by atoms with E-state index in [0.717, 1.165) is 67.8 Å². The van der Waals surface area contributed by atoms with Crippen molar-refractivity contribution in [3.05, 3.63) is 76.0 Å². The Morgan fingerprint density at radius 2 is 1.74 bits per heavy atom. The molecule has 0 radical (unpaired) electrons. The van der Waals surface area contributed by atoms with Gasteiger partial charge in [0.25, 0.3) is 5.91 Å². The number of carbonyl (C=O) groups is 1. The molecular weight excluding hydrogens is 454 g/mol. The molecule has 0 atom stereocenters. The van der Waals surface area contributed by atoms with Crippen molar-refractivity contribution < 1.29 is 4.79 Å². The second-order valence-electron chi connectivity index (χ2n) is 8.39. The van der Waals surface area contributed by atoms with E-state index in [1.54, 1.807) is 0 Å². The predicted octanol–water partition coefficient (Wildman–Crippen LogP) is 4.26. The maximum Gasteiger partial charge on any atom is 0.276 e. The Morgan fingerprint density at radius 3 is 2.48 bits per heavy atom. The summed E-state index contributed by atoms with van der Waals surface area (Å²) in [6.07, 6.45) is 3.16. The molecule has 1 aromatic heterocycles. The van der Waals surface area contributed by atoms with Crippen molar-refractivity contribution in [3.63, 3.8) is 0 Å². The lowest BCUT2D eigenvalue weighted by molar-refractivity contribution is 0.0754. The highest BCUT2D eigenvalue weighted by Gasteiger charge is 2.36. The van der Waals surface area contributed by atoms with Gasteiger partial charge < -0.3 is 4.90 Å². The number of nitrogens with zero attached hydrogens (tertiary/aromatic N) is 5. The standard InChI is InChI=1S/C24H26BrN5O/c25-20-9-11-21(12-10-20)30-23(19-7-8-19)22(26-27-30)24(31)29-14-4-13-28(15-16-29)17-18-5-2-1-3-6-18/h1-3,5-6,9-12,19H,4,7-8,13-17H2. The zero-order valence-electron chi connectivity index (χ0n) is 17.5. The van der Waals surface area contributed by atoms with Gasteiger partial charge in [0.15, 0.2) is 5.69 Å². The van der Waals surface area contributed by atoms with E-state index >= 15 is 0 Å². The van der Waals surface area contributed by atoms with Crippen LogP contribution in [0.1, 0.15) is 46.9 Å². The normalized spacial score (nSPS) is 17.5. The molecule has 0 unspecified atom stereocenters. The molecule has 1 amide bonds. The van der Waals surface area contributed by atoms with Gasteiger partial charge in [-0.05, 0) is 49.1 Å². The summed E-state index contributed by atoms with van der Waals surface area (Å²) in [7, 11) is 0. The Bertz CT molecular complexity index is 1050. The molecule has 1 aliphatic heterocycles. The van der Waals surface area contributed by atoms with Gasteiger partial charge in [-0.2, -0.15) is 0 Å². The number of amides is 1.